The van der Waals surface area contributed by atoms with Crippen molar-refractivity contribution < 1.29 is 54.4 Å². The fourth-order valence-electron chi connectivity index (χ4n) is 2.71. The van der Waals surface area contributed by atoms with Crippen LogP contribution < -0.4 is 5.32 Å². The monoisotopic (exact) mass is 397 g/mol. The predicted octanol–water partition coefficient (Wildman–Crippen LogP) is -4.76. The van der Waals surface area contributed by atoms with E-state index in [9.17, 15) is 40.2 Å². The zero-order valence-electron chi connectivity index (χ0n) is 14.9. The molecular weight excluding hydrogens is 370 g/mol. The number of ether oxygens (including phenoxy) is 3. The molecule has 0 radical (unpaired) electrons. The Kier molecular flexibility index (Phi) is 9.66. The van der Waals surface area contributed by atoms with Crippen molar-refractivity contribution in [2.75, 3.05) is 20.3 Å². The van der Waals surface area contributed by atoms with Crippen LogP contribution in [0, 0.1) is 0 Å². The molecule has 0 aromatic carbocycles. The summed E-state index contributed by atoms with van der Waals surface area (Å²) in [6.07, 6.45) is -12.0. The second-order valence-electron chi connectivity index (χ2n) is 6.11. The van der Waals surface area contributed by atoms with Gasteiger partial charge in [0, 0.05) is 14.0 Å². The molecular formula is C15H27NO11. The number of aliphatic hydroxyl groups is 6. The first-order valence-electron chi connectivity index (χ1n) is 8.21. The molecule has 1 heterocycles. The number of carbonyl (C=O) groups is 2. The van der Waals surface area contributed by atoms with Crippen LogP contribution in [0.15, 0.2) is 0 Å². The third kappa shape index (κ3) is 5.88. The zero-order valence-corrected chi connectivity index (χ0v) is 14.9. The molecule has 0 bridgehead atoms. The number of aliphatic hydroxyl groups excluding tert-OH is 6. The topological polar surface area (TPSA) is 195 Å². The molecule has 0 aliphatic carbocycles. The first kappa shape index (κ1) is 23.8. The fraction of sp³-hybridized carbons (Fsp3) is 0.867. The molecule has 0 spiro atoms. The minimum absolute atomic E-state index is 0.219. The van der Waals surface area contributed by atoms with Gasteiger partial charge in [0.05, 0.1) is 13.2 Å². The van der Waals surface area contributed by atoms with Gasteiger partial charge in [-0.05, 0) is 0 Å². The summed E-state index contributed by atoms with van der Waals surface area (Å²) in [6.45, 7) is -0.435. The van der Waals surface area contributed by atoms with Crippen LogP contribution in [0.2, 0.25) is 0 Å². The van der Waals surface area contributed by atoms with Gasteiger partial charge in [0.2, 0.25) is 5.91 Å². The molecule has 0 saturated carbocycles. The Bertz CT molecular complexity index is 479. The van der Waals surface area contributed by atoms with Crippen LogP contribution >= 0.6 is 0 Å². The Morgan fingerprint density at radius 1 is 1.26 bits per heavy atom. The summed E-state index contributed by atoms with van der Waals surface area (Å²) >= 11 is 0. The summed E-state index contributed by atoms with van der Waals surface area (Å²) < 4.78 is 15.7. The van der Waals surface area contributed by atoms with E-state index in [1.807, 2.05) is 0 Å². The van der Waals surface area contributed by atoms with Gasteiger partial charge in [-0.1, -0.05) is 0 Å². The van der Waals surface area contributed by atoms with Gasteiger partial charge in [-0.15, -0.1) is 0 Å². The number of methoxy groups -OCH3 is 1. The number of amides is 1. The van der Waals surface area contributed by atoms with E-state index in [4.69, 9.17) is 14.2 Å². The average molecular weight is 397 g/mol. The van der Waals surface area contributed by atoms with E-state index in [0.29, 0.717) is 0 Å². The maximum absolute atomic E-state index is 11.2. The van der Waals surface area contributed by atoms with Gasteiger partial charge in [-0.3, -0.25) is 4.79 Å². The number of rotatable bonds is 10. The number of hydrogen-bond donors (Lipinski definition) is 7. The molecule has 1 aliphatic heterocycles. The SMILES string of the molecule is CO[C@H]1[C@H](O[C@H]([C@H](O)CO)[C@H](O)C(C=O)NC(C)=O)O[C@H](CO)[C@H](O)[C@@H]1O. The summed E-state index contributed by atoms with van der Waals surface area (Å²) in [7, 11) is 1.18. The fourth-order valence-corrected chi connectivity index (χ4v) is 2.71. The lowest BCUT2D eigenvalue weighted by atomic mass is 9.98. The van der Waals surface area contributed by atoms with Crippen molar-refractivity contribution in [1.29, 1.82) is 0 Å². The molecule has 1 saturated heterocycles. The van der Waals surface area contributed by atoms with Crippen molar-refractivity contribution in [2.24, 2.45) is 0 Å². The lowest BCUT2D eigenvalue weighted by Crippen LogP contribution is -2.62. The number of nitrogens with one attached hydrogen (secondary N) is 1. The lowest BCUT2D eigenvalue weighted by Gasteiger charge is -2.43. The van der Waals surface area contributed by atoms with Gasteiger partial charge in [0.15, 0.2) is 6.29 Å². The van der Waals surface area contributed by atoms with E-state index < -0.39 is 74.2 Å². The van der Waals surface area contributed by atoms with Crippen LogP contribution in [0.1, 0.15) is 6.92 Å². The highest BCUT2D eigenvalue weighted by Gasteiger charge is 2.47. The van der Waals surface area contributed by atoms with E-state index in [0.717, 1.165) is 6.92 Å². The Hall–Kier alpha value is -1.22. The molecule has 1 aliphatic rings. The van der Waals surface area contributed by atoms with Crippen LogP contribution in [0.25, 0.3) is 0 Å². The highest BCUT2D eigenvalue weighted by Crippen LogP contribution is 2.26. The van der Waals surface area contributed by atoms with Crippen LogP contribution in [0.3, 0.4) is 0 Å². The third-order valence-electron chi connectivity index (χ3n) is 4.18. The largest absolute Gasteiger partial charge is 0.394 e. The van der Waals surface area contributed by atoms with Gasteiger partial charge in [0.1, 0.15) is 55.1 Å². The minimum atomic E-state index is -1.80. The standard InChI is InChI=1S/C15H27NO11/c1-6(20)16-7(3-17)10(22)13(8(21)4-18)27-15-14(25-2)12(24)11(23)9(5-19)26-15/h3,7-15,18-19,21-24H,4-5H2,1-2H3,(H,16,20)/t7?,8-,9-,10-,11+,12+,13-,14-,15+/m1/s1. The van der Waals surface area contributed by atoms with E-state index in [1.165, 1.54) is 7.11 Å². The van der Waals surface area contributed by atoms with Gasteiger partial charge in [0.25, 0.3) is 0 Å². The van der Waals surface area contributed by atoms with Crippen molar-refractivity contribution in [3.05, 3.63) is 0 Å². The Balaban J connectivity index is 3.06. The van der Waals surface area contributed by atoms with E-state index in [-0.39, 0.29) is 6.29 Å². The number of carbonyl (C=O) groups excluding carboxylic acids is 2. The summed E-state index contributed by atoms with van der Waals surface area (Å²) in [4.78, 5) is 22.3. The summed E-state index contributed by atoms with van der Waals surface area (Å²) in [5.41, 5.74) is 0. The maximum atomic E-state index is 11.2. The first-order valence-corrected chi connectivity index (χ1v) is 8.21. The predicted molar refractivity (Wildman–Crippen MR) is 86.2 cm³/mol. The van der Waals surface area contributed by atoms with Crippen molar-refractivity contribution in [3.63, 3.8) is 0 Å². The van der Waals surface area contributed by atoms with Crippen molar-refractivity contribution >= 4 is 12.2 Å². The number of aldehydes is 1. The molecule has 1 amide bonds. The first-order chi connectivity index (χ1) is 12.7. The third-order valence-corrected chi connectivity index (χ3v) is 4.18. The summed E-state index contributed by atoms with van der Waals surface area (Å²) in [5.74, 6) is -0.633. The quantitative estimate of drug-likeness (QED) is 0.175. The zero-order chi connectivity index (χ0) is 20.7. The van der Waals surface area contributed by atoms with Gasteiger partial charge < -0.3 is 55.0 Å². The maximum Gasteiger partial charge on any atom is 0.217 e. The highest BCUT2D eigenvalue weighted by atomic mass is 16.7. The second kappa shape index (κ2) is 10.9. The summed E-state index contributed by atoms with van der Waals surface area (Å²) in [6, 6.07) is -1.47. The van der Waals surface area contributed by atoms with E-state index in [1.54, 1.807) is 0 Å². The Morgan fingerprint density at radius 3 is 2.33 bits per heavy atom. The molecule has 12 heteroatoms. The van der Waals surface area contributed by atoms with Crippen molar-refractivity contribution in [3.8, 4) is 0 Å². The molecule has 9 atom stereocenters. The Morgan fingerprint density at radius 2 is 1.89 bits per heavy atom. The smallest absolute Gasteiger partial charge is 0.217 e. The second-order valence-corrected chi connectivity index (χ2v) is 6.11. The molecule has 1 rings (SSSR count). The molecule has 12 nitrogen and oxygen atoms in total. The van der Waals surface area contributed by atoms with E-state index in [2.05, 4.69) is 5.32 Å². The van der Waals surface area contributed by atoms with Crippen LogP contribution in [0.5, 0.6) is 0 Å². The van der Waals surface area contributed by atoms with Crippen LogP contribution in [-0.2, 0) is 23.8 Å². The molecule has 1 fully saturated rings. The molecule has 158 valence electrons. The minimum Gasteiger partial charge on any atom is -0.394 e. The van der Waals surface area contributed by atoms with Gasteiger partial charge in [-0.25, -0.2) is 0 Å². The Labute approximate surface area is 155 Å². The molecule has 0 aromatic rings. The van der Waals surface area contributed by atoms with E-state index >= 15 is 0 Å². The normalized spacial score (nSPS) is 33.0. The van der Waals surface area contributed by atoms with Crippen LogP contribution in [-0.4, -0.2) is 118 Å². The highest BCUT2D eigenvalue weighted by molar-refractivity contribution is 5.77. The van der Waals surface area contributed by atoms with Crippen molar-refractivity contribution in [2.45, 2.75) is 62.0 Å². The number of hydrogen-bond acceptors (Lipinski definition) is 11. The molecule has 7 N–H and O–H groups in total. The molecule has 1 unspecified atom stereocenters. The van der Waals surface area contributed by atoms with Gasteiger partial charge in [-0.2, -0.15) is 0 Å². The average Bonchev–Trinajstić information content (AvgIpc) is 2.65. The lowest BCUT2D eigenvalue weighted by molar-refractivity contribution is -0.328. The van der Waals surface area contributed by atoms with Crippen LogP contribution in [0.4, 0.5) is 0 Å². The molecule has 0 aromatic heterocycles. The summed E-state index contributed by atoms with van der Waals surface area (Å²) in [5, 5.41) is 60.9. The van der Waals surface area contributed by atoms with Crippen molar-refractivity contribution in [1.82, 2.24) is 5.32 Å². The molecule has 27 heavy (non-hydrogen) atoms. The van der Waals surface area contributed by atoms with Gasteiger partial charge >= 0.3 is 0 Å².